The Balaban J connectivity index is 1.12. The number of anilines is 3. The highest BCUT2D eigenvalue weighted by Crippen LogP contribution is 2.48. The van der Waals surface area contributed by atoms with Gasteiger partial charge in [-0.25, -0.2) is 0 Å². The highest BCUT2D eigenvalue weighted by atomic mass is 32.1. The second kappa shape index (κ2) is 13.1. The summed E-state index contributed by atoms with van der Waals surface area (Å²) in [6.07, 6.45) is 0. The maximum atomic E-state index is 2.49. The predicted octanol–water partition coefficient (Wildman–Crippen LogP) is 16.0. The van der Waals surface area contributed by atoms with Gasteiger partial charge in [0.15, 0.2) is 0 Å². The van der Waals surface area contributed by atoms with E-state index in [0.29, 0.717) is 0 Å². The molecule has 1 nitrogen and oxygen atoms in total. The zero-order chi connectivity index (χ0) is 36.3. The molecule has 0 amide bonds. The van der Waals surface area contributed by atoms with E-state index in [1.165, 1.54) is 90.2 Å². The van der Waals surface area contributed by atoms with Gasteiger partial charge in [0, 0.05) is 51.6 Å². The number of nitrogens with zero attached hydrogens (tertiary/aromatic N) is 1. The molecule has 0 saturated heterocycles. The number of benzene rings is 9. The van der Waals surface area contributed by atoms with Crippen molar-refractivity contribution in [2.45, 2.75) is 0 Å². The SMILES string of the molecule is c1cc(-c2cccc(N(c3ccccc3-c3ccc4sc5ccccc5c4c3)c3cccc4sc5ccccc5c34)c2)cc(-c2cccc3ccccc23)c1. The van der Waals surface area contributed by atoms with E-state index in [9.17, 15) is 0 Å². The Labute approximate surface area is 327 Å². The molecule has 0 spiro atoms. The van der Waals surface area contributed by atoms with Gasteiger partial charge >= 0.3 is 0 Å². The lowest BCUT2D eigenvalue weighted by Gasteiger charge is -2.29. The van der Waals surface area contributed by atoms with Gasteiger partial charge in [0.1, 0.15) is 0 Å². The fraction of sp³-hybridized carbons (Fsp3) is 0. The quantitative estimate of drug-likeness (QED) is 0.164. The molecule has 11 aromatic rings. The highest BCUT2D eigenvalue weighted by molar-refractivity contribution is 7.26. The van der Waals surface area contributed by atoms with Crippen molar-refractivity contribution in [1.29, 1.82) is 0 Å². The summed E-state index contributed by atoms with van der Waals surface area (Å²) in [5, 5.41) is 7.70. The average molecular weight is 736 g/mol. The van der Waals surface area contributed by atoms with Crippen molar-refractivity contribution in [2.24, 2.45) is 0 Å². The summed E-state index contributed by atoms with van der Waals surface area (Å²) < 4.78 is 5.22. The molecule has 2 heterocycles. The third-order valence-corrected chi connectivity index (χ3v) is 13.1. The summed E-state index contributed by atoms with van der Waals surface area (Å²) in [5.41, 5.74) is 10.7. The first-order valence-corrected chi connectivity index (χ1v) is 20.3. The molecule has 11 rings (SSSR count). The molecule has 0 aliphatic carbocycles. The zero-order valence-corrected chi connectivity index (χ0v) is 31.4. The van der Waals surface area contributed by atoms with Crippen LogP contribution in [0.1, 0.15) is 0 Å². The molecule has 0 aliphatic heterocycles. The van der Waals surface area contributed by atoms with Crippen LogP contribution in [0, 0.1) is 0 Å². The molecule has 0 aliphatic rings. The highest BCUT2D eigenvalue weighted by Gasteiger charge is 2.22. The van der Waals surface area contributed by atoms with E-state index in [2.05, 4.69) is 205 Å². The molecule has 0 radical (unpaired) electrons. The van der Waals surface area contributed by atoms with Gasteiger partial charge in [-0.05, 0) is 99.3 Å². The molecule has 55 heavy (non-hydrogen) atoms. The molecule has 0 saturated carbocycles. The Morgan fingerprint density at radius 1 is 0.309 bits per heavy atom. The van der Waals surface area contributed by atoms with Crippen molar-refractivity contribution in [3.63, 3.8) is 0 Å². The predicted molar refractivity (Wildman–Crippen MR) is 241 cm³/mol. The van der Waals surface area contributed by atoms with Crippen LogP contribution in [0.15, 0.2) is 200 Å². The van der Waals surface area contributed by atoms with Crippen LogP contribution in [0.3, 0.4) is 0 Å². The zero-order valence-electron chi connectivity index (χ0n) is 29.8. The molecule has 0 bridgehead atoms. The first-order chi connectivity index (χ1) is 27.3. The smallest absolute Gasteiger partial charge is 0.0555 e. The summed E-state index contributed by atoms with van der Waals surface area (Å²) in [7, 11) is 0. The van der Waals surface area contributed by atoms with Crippen molar-refractivity contribution < 1.29 is 0 Å². The molecule has 2 aromatic heterocycles. The molecule has 0 atom stereocenters. The minimum atomic E-state index is 1.12. The van der Waals surface area contributed by atoms with Crippen LogP contribution >= 0.6 is 22.7 Å². The van der Waals surface area contributed by atoms with Crippen molar-refractivity contribution in [2.75, 3.05) is 4.90 Å². The molecule has 0 unspecified atom stereocenters. The second-order valence-corrected chi connectivity index (χ2v) is 16.2. The molecule has 0 N–H and O–H groups in total. The number of hydrogen-bond donors (Lipinski definition) is 0. The molecular formula is C52H33NS2. The van der Waals surface area contributed by atoms with Gasteiger partial charge in [-0.15, -0.1) is 22.7 Å². The minimum absolute atomic E-state index is 1.12. The van der Waals surface area contributed by atoms with Crippen LogP contribution in [0.2, 0.25) is 0 Å². The maximum Gasteiger partial charge on any atom is 0.0555 e. The van der Waals surface area contributed by atoms with Gasteiger partial charge in [-0.3, -0.25) is 0 Å². The van der Waals surface area contributed by atoms with Crippen LogP contribution < -0.4 is 4.90 Å². The summed E-state index contributed by atoms with van der Waals surface area (Å²) >= 11 is 3.73. The van der Waals surface area contributed by atoms with Gasteiger partial charge in [0.05, 0.1) is 11.4 Å². The standard InChI is InChI=1S/C52H33NS2/c1-2-19-40-34(13-1)14-11-23-41(40)37-17-9-15-35(31-37)36-16-10-18-39(32-36)53(47-25-12-28-51-52(47)44-22-5-8-27-49(44)55-51)46-24-6-3-20-42(46)38-29-30-50-45(33-38)43-21-4-7-26-48(43)54-50/h1-33H. The van der Waals surface area contributed by atoms with E-state index in [4.69, 9.17) is 0 Å². The van der Waals surface area contributed by atoms with Crippen LogP contribution in [-0.4, -0.2) is 0 Å². The van der Waals surface area contributed by atoms with E-state index in [1.54, 1.807) is 0 Å². The van der Waals surface area contributed by atoms with E-state index in [1.807, 2.05) is 22.7 Å². The Bertz CT molecular complexity index is 3230. The van der Waals surface area contributed by atoms with Crippen LogP contribution in [-0.2, 0) is 0 Å². The topological polar surface area (TPSA) is 3.24 Å². The van der Waals surface area contributed by atoms with Crippen molar-refractivity contribution in [1.82, 2.24) is 0 Å². The van der Waals surface area contributed by atoms with Crippen molar-refractivity contribution in [3.8, 4) is 33.4 Å². The van der Waals surface area contributed by atoms with Gasteiger partial charge in [-0.1, -0.05) is 140 Å². The number of thiophene rings is 2. The van der Waals surface area contributed by atoms with E-state index < -0.39 is 0 Å². The monoisotopic (exact) mass is 735 g/mol. The van der Waals surface area contributed by atoms with E-state index >= 15 is 0 Å². The lowest BCUT2D eigenvalue weighted by atomic mass is 9.95. The van der Waals surface area contributed by atoms with Gasteiger partial charge < -0.3 is 4.90 Å². The van der Waals surface area contributed by atoms with Crippen LogP contribution in [0.5, 0.6) is 0 Å². The Kier molecular flexibility index (Phi) is 7.61. The molecule has 258 valence electrons. The Morgan fingerprint density at radius 2 is 0.873 bits per heavy atom. The summed E-state index contributed by atoms with van der Waals surface area (Å²) in [6, 6.07) is 73.5. The lowest BCUT2D eigenvalue weighted by molar-refractivity contribution is 1.30. The number of rotatable bonds is 6. The molecule has 0 fully saturated rings. The molecule has 9 aromatic carbocycles. The van der Waals surface area contributed by atoms with Crippen molar-refractivity contribution >= 4 is 90.9 Å². The molecular weight excluding hydrogens is 703 g/mol. The number of fused-ring (bicyclic) bond motifs is 7. The Hall–Kier alpha value is -6.52. The summed E-state index contributed by atoms with van der Waals surface area (Å²) in [4.78, 5) is 2.49. The third kappa shape index (κ3) is 5.43. The third-order valence-electron chi connectivity index (χ3n) is 10.9. The number of para-hydroxylation sites is 1. The van der Waals surface area contributed by atoms with Gasteiger partial charge in [-0.2, -0.15) is 0 Å². The second-order valence-electron chi connectivity index (χ2n) is 14.1. The fourth-order valence-electron chi connectivity index (χ4n) is 8.32. The lowest BCUT2D eigenvalue weighted by Crippen LogP contribution is -2.11. The number of hydrogen-bond acceptors (Lipinski definition) is 3. The molecule has 3 heteroatoms. The summed E-state index contributed by atoms with van der Waals surface area (Å²) in [5.74, 6) is 0. The van der Waals surface area contributed by atoms with Crippen LogP contribution in [0.4, 0.5) is 17.1 Å². The fourth-order valence-corrected chi connectivity index (χ4v) is 10.5. The van der Waals surface area contributed by atoms with Crippen LogP contribution in [0.25, 0.3) is 84.5 Å². The van der Waals surface area contributed by atoms with Crippen molar-refractivity contribution in [3.05, 3.63) is 200 Å². The average Bonchev–Trinajstić information content (AvgIpc) is 3.83. The van der Waals surface area contributed by atoms with Gasteiger partial charge in [0.2, 0.25) is 0 Å². The largest absolute Gasteiger partial charge is 0.309 e. The first kappa shape index (κ1) is 32.0. The van der Waals surface area contributed by atoms with Gasteiger partial charge in [0.25, 0.3) is 0 Å². The Morgan fingerprint density at radius 3 is 1.78 bits per heavy atom. The van der Waals surface area contributed by atoms with E-state index in [0.717, 1.165) is 11.4 Å². The minimum Gasteiger partial charge on any atom is -0.309 e. The summed E-state index contributed by atoms with van der Waals surface area (Å²) in [6.45, 7) is 0. The van der Waals surface area contributed by atoms with E-state index in [-0.39, 0.29) is 0 Å². The normalized spacial score (nSPS) is 11.6. The first-order valence-electron chi connectivity index (χ1n) is 18.7. The maximum absolute atomic E-state index is 2.49.